The Labute approximate surface area is 141 Å². The molecule has 3 nitrogen and oxygen atoms in total. The van der Waals surface area contributed by atoms with Crippen LogP contribution in [-0.2, 0) is 24.2 Å². The van der Waals surface area contributed by atoms with E-state index in [1.807, 2.05) is 4.90 Å². The molecule has 1 atom stereocenters. The van der Waals surface area contributed by atoms with E-state index >= 15 is 0 Å². The van der Waals surface area contributed by atoms with Gasteiger partial charge < -0.3 is 9.47 Å². The van der Waals surface area contributed by atoms with Gasteiger partial charge in [0, 0.05) is 29.9 Å². The minimum Gasteiger partial charge on any atom is -0.348 e. The zero-order valence-electron chi connectivity index (χ0n) is 13.5. The number of benzene rings is 1. The number of thioether (sulfide) groups is 1. The van der Waals surface area contributed by atoms with Gasteiger partial charge >= 0.3 is 0 Å². The Bertz CT molecular complexity index is 737. The molecule has 0 fully saturated rings. The second-order valence-electron chi connectivity index (χ2n) is 6.46. The highest BCUT2D eigenvalue weighted by atomic mass is 32.2. The molecular weight excluding hydrogens is 304 g/mol. The molecule has 2 aliphatic rings. The second-order valence-corrected chi connectivity index (χ2v) is 7.51. The Morgan fingerprint density at radius 1 is 1.22 bits per heavy atom. The molecule has 0 radical (unpaired) electrons. The third-order valence-electron chi connectivity index (χ3n) is 5.09. The van der Waals surface area contributed by atoms with Crippen molar-refractivity contribution in [1.29, 1.82) is 0 Å². The molecular formula is C19H22N2OS. The molecule has 0 bridgehead atoms. The molecule has 1 amide bonds. The van der Waals surface area contributed by atoms with Gasteiger partial charge in [-0.2, -0.15) is 0 Å². The van der Waals surface area contributed by atoms with Crippen molar-refractivity contribution in [2.75, 3.05) is 12.3 Å². The Morgan fingerprint density at radius 3 is 3.00 bits per heavy atom. The lowest BCUT2D eigenvalue weighted by Crippen LogP contribution is -2.41. The zero-order chi connectivity index (χ0) is 15.8. The molecule has 0 N–H and O–H groups in total. The smallest absolute Gasteiger partial charge is 0.233 e. The molecule has 4 heteroatoms. The highest BCUT2D eigenvalue weighted by Gasteiger charge is 2.27. The van der Waals surface area contributed by atoms with Gasteiger partial charge in [-0.05, 0) is 61.6 Å². The summed E-state index contributed by atoms with van der Waals surface area (Å²) in [5.41, 5.74) is 4.21. The van der Waals surface area contributed by atoms with Crippen LogP contribution in [0.15, 0.2) is 41.4 Å². The maximum Gasteiger partial charge on any atom is 0.233 e. The quantitative estimate of drug-likeness (QED) is 0.804. The molecule has 0 saturated carbocycles. The van der Waals surface area contributed by atoms with Crippen LogP contribution in [-0.4, -0.2) is 27.7 Å². The number of aryl methyl sites for hydroxylation is 2. The van der Waals surface area contributed by atoms with Crippen molar-refractivity contribution in [2.24, 2.45) is 0 Å². The van der Waals surface area contributed by atoms with Crippen molar-refractivity contribution >= 4 is 17.7 Å². The average Bonchev–Trinajstić information content (AvgIpc) is 3.21. The maximum atomic E-state index is 12.6. The lowest BCUT2D eigenvalue weighted by atomic mass is 10.1. The van der Waals surface area contributed by atoms with Crippen LogP contribution in [0.3, 0.4) is 0 Å². The monoisotopic (exact) mass is 326 g/mol. The third-order valence-corrected chi connectivity index (χ3v) is 6.07. The summed E-state index contributed by atoms with van der Waals surface area (Å²) in [7, 11) is 0. The van der Waals surface area contributed by atoms with E-state index in [9.17, 15) is 4.79 Å². The largest absolute Gasteiger partial charge is 0.348 e. The first-order chi connectivity index (χ1) is 11.2. The summed E-state index contributed by atoms with van der Waals surface area (Å²) >= 11 is 1.68. The predicted octanol–water partition coefficient (Wildman–Crippen LogP) is 3.67. The number of fused-ring (bicyclic) bond motifs is 2. The van der Waals surface area contributed by atoms with Gasteiger partial charge in [0.25, 0.3) is 0 Å². The summed E-state index contributed by atoms with van der Waals surface area (Å²) in [6.07, 6.45) is 5.78. The van der Waals surface area contributed by atoms with E-state index in [1.165, 1.54) is 41.0 Å². The summed E-state index contributed by atoms with van der Waals surface area (Å²) < 4.78 is 2.25. The molecule has 1 aliphatic heterocycles. The van der Waals surface area contributed by atoms with Crippen LogP contribution >= 0.6 is 11.8 Å². The number of carbonyl (C=O) groups excluding carboxylic acids is 1. The average molecular weight is 326 g/mol. The number of amides is 1. The van der Waals surface area contributed by atoms with Crippen molar-refractivity contribution in [2.45, 2.75) is 43.7 Å². The Kier molecular flexibility index (Phi) is 3.93. The van der Waals surface area contributed by atoms with E-state index in [0.717, 1.165) is 13.1 Å². The van der Waals surface area contributed by atoms with Crippen molar-refractivity contribution in [3.8, 4) is 0 Å². The van der Waals surface area contributed by atoms with E-state index in [-0.39, 0.29) is 11.9 Å². The fourth-order valence-corrected chi connectivity index (χ4v) is 4.63. The van der Waals surface area contributed by atoms with Gasteiger partial charge in [0.2, 0.25) is 5.91 Å². The minimum atomic E-state index is 0.173. The first kappa shape index (κ1) is 14.9. The van der Waals surface area contributed by atoms with Crippen LogP contribution in [0.4, 0.5) is 0 Å². The van der Waals surface area contributed by atoms with E-state index < -0.39 is 0 Å². The molecule has 1 aliphatic carbocycles. The summed E-state index contributed by atoms with van der Waals surface area (Å²) in [6.45, 7) is 3.84. The first-order valence-electron chi connectivity index (χ1n) is 8.41. The van der Waals surface area contributed by atoms with Gasteiger partial charge in [-0.25, -0.2) is 0 Å². The Morgan fingerprint density at radius 2 is 2.09 bits per heavy atom. The minimum absolute atomic E-state index is 0.173. The number of aromatic nitrogens is 1. The lowest BCUT2D eigenvalue weighted by Gasteiger charge is -2.35. The fraction of sp³-hybridized carbons (Fsp3) is 0.421. The van der Waals surface area contributed by atoms with Gasteiger partial charge in [0.15, 0.2) is 0 Å². The summed E-state index contributed by atoms with van der Waals surface area (Å²) in [6, 6.07) is 11.1. The highest BCUT2D eigenvalue weighted by molar-refractivity contribution is 8.00. The SMILES string of the molecule is CC1c2cccn2CCN1C(=O)CSc1ccc2c(c1)CCC2. The molecule has 1 aromatic heterocycles. The molecule has 2 aromatic rings. The Balaban J connectivity index is 1.41. The molecule has 2 heterocycles. The molecule has 0 spiro atoms. The molecule has 120 valence electrons. The third kappa shape index (κ3) is 2.80. The van der Waals surface area contributed by atoms with Crippen molar-refractivity contribution in [3.05, 3.63) is 53.3 Å². The van der Waals surface area contributed by atoms with Crippen LogP contribution < -0.4 is 0 Å². The van der Waals surface area contributed by atoms with E-state index in [2.05, 4.69) is 48.0 Å². The highest BCUT2D eigenvalue weighted by Crippen LogP contribution is 2.29. The first-order valence-corrected chi connectivity index (χ1v) is 9.40. The lowest BCUT2D eigenvalue weighted by molar-refractivity contribution is -0.131. The number of hydrogen-bond donors (Lipinski definition) is 0. The maximum absolute atomic E-state index is 12.6. The second kappa shape index (κ2) is 6.08. The Hall–Kier alpha value is -1.68. The fourth-order valence-electron chi connectivity index (χ4n) is 3.79. The van der Waals surface area contributed by atoms with Crippen LogP contribution in [0.2, 0.25) is 0 Å². The summed E-state index contributed by atoms with van der Waals surface area (Å²) in [5, 5.41) is 0. The standard InChI is InChI=1S/C19H22N2OS/c1-14-18-6-3-9-20(18)10-11-21(14)19(22)13-23-17-8-7-15-4-2-5-16(15)12-17/h3,6-9,12,14H,2,4-5,10-11,13H2,1H3. The molecule has 1 aromatic carbocycles. The van der Waals surface area contributed by atoms with Gasteiger partial charge in [0.1, 0.15) is 0 Å². The molecule has 1 unspecified atom stereocenters. The van der Waals surface area contributed by atoms with E-state index in [1.54, 1.807) is 11.8 Å². The number of carbonyl (C=O) groups is 1. The van der Waals surface area contributed by atoms with Crippen LogP contribution in [0.5, 0.6) is 0 Å². The predicted molar refractivity (Wildman–Crippen MR) is 93.8 cm³/mol. The van der Waals surface area contributed by atoms with Gasteiger partial charge in [-0.15, -0.1) is 11.8 Å². The van der Waals surface area contributed by atoms with Crippen molar-refractivity contribution in [3.63, 3.8) is 0 Å². The summed E-state index contributed by atoms with van der Waals surface area (Å²) in [4.78, 5) is 15.9. The van der Waals surface area contributed by atoms with Crippen LogP contribution in [0.25, 0.3) is 0 Å². The molecule has 23 heavy (non-hydrogen) atoms. The van der Waals surface area contributed by atoms with E-state index in [0.29, 0.717) is 5.75 Å². The summed E-state index contributed by atoms with van der Waals surface area (Å²) in [5.74, 6) is 0.777. The number of rotatable bonds is 3. The van der Waals surface area contributed by atoms with Gasteiger partial charge in [-0.1, -0.05) is 6.07 Å². The topological polar surface area (TPSA) is 25.2 Å². The van der Waals surface area contributed by atoms with E-state index in [4.69, 9.17) is 0 Å². The molecule has 4 rings (SSSR count). The normalized spacial score (nSPS) is 19.5. The number of hydrogen-bond acceptors (Lipinski definition) is 2. The van der Waals surface area contributed by atoms with Crippen molar-refractivity contribution < 1.29 is 4.79 Å². The van der Waals surface area contributed by atoms with Crippen LogP contribution in [0.1, 0.15) is 36.2 Å². The zero-order valence-corrected chi connectivity index (χ0v) is 14.3. The van der Waals surface area contributed by atoms with Gasteiger partial charge in [0.05, 0.1) is 11.8 Å². The molecule has 0 saturated heterocycles. The van der Waals surface area contributed by atoms with Crippen LogP contribution in [0, 0.1) is 0 Å². The number of nitrogens with zero attached hydrogens (tertiary/aromatic N) is 2. The van der Waals surface area contributed by atoms with Crippen molar-refractivity contribution in [1.82, 2.24) is 9.47 Å². The van der Waals surface area contributed by atoms with Gasteiger partial charge in [-0.3, -0.25) is 4.79 Å².